The molecule has 1 atom stereocenters. The van der Waals surface area contributed by atoms with Crippen molar-refractivity contribution in [2.75, 3.05) is 11.9 Å². The van der Waals surface area contributed by atoms with Crippen molar-refractivity contribution in [2.45, 2.75) is 45.5 Å². The van der Waals surface area contributed by atoms with Crippen LogP contribution in [0.1, 0.15) is 49.2 Å². The van der Waals surface area contributed by atoms with Crippen LogP contribution in [0, 0.1) is 5.82 Å². The molecule has 0 spiro atoms. The molecule has 162 valence electrons. The molecule has 1 aromatic carbocycles. The number of alkyl halides is 3. The highest BCUT2D eigenvalue weighted by Gasteiger charge is 2.37. The number of aromatic nitrogens is 2. The molecule has 1 aromatic heterocycles. The number of halogens is 4. The summed E-state index contributed by atoms with van der Waals surface area (Å²) >= 11 is 0. The van der Waals surface area contributed by atoms with Gasteiger partial charge in [-0.25, -0.2) is 4.39 Å². The van der Waals surface area contributed by atoms with E-state index in [1.54, 1.807) is 17.7 Å². The standard InChI is InChI=1S/C20H23F4N5O/c1-11(2)29-10-8-16(27-29)26-15-7-9-28(12(3)18(15)25)19(30)13-5-4-6-14(17(13)21)20(22,23)24/h4-6,8,10-12H,7,9,25H2,1-3H3,(H,26,27). The Bertz CT molecular complexity index is 980. The highest BCUT2D eigenvalue weighted by molar-refractivity contribution is 5.95. The van der Waals surface area contributed by atoms with Crippen molar-refractivity contribution in [2.24, 2.45) is 5.73 Å². The van der Waals surface area contributed by atoms with Crippen molar-refractivity contribution in [3.8, 4) is 0 Å². The van der Waals surface area contributed by atoms with Crippen LogP contribution in [0.25, 0.3) is 0 Å². The number of benzene rings is 1. The van der Waals surface area contributed by atoms with Crippen molar-refractivity contribution in [1.29, 1.82) is 0 Å². The molecule has 30 heavy (non-hydrogen) atoms. The number of rotatable bonds is 4. The molecule has 0 aliphatic carbocycles. The number of carbonyl (C=O) groups is 1. The van der Waals surface area contributed by atoms with Gasteiger partial charge >= 0.3 is 6.18 Å². The molecule has 0 radical (unpaired) electrons. The van der Waals surface area contributed by atoms with E-state index >= 15 is 0 Å². The summed E-state index contributed by atoms with van der Waals surface area (Å²) in [6.07, 6.45) is -2.73. The molecule has 0 bridgehead atoms. The van der Waals surface area contributed by atoms with Gasteiger partial charge in [0.15, 0.2) is 5.82 Å². The van der Waals surface area contributed by atoms with E-state index in [0.29, 0.717) is 29.7 Å². The smallest absolute Gasteiger partial charge is 0.399 e. The van der Waals surface area contributed by atoms with Crippen LogP contribution in [-0.2, 0) is 6.18 Å². The average molecular weight is 425 g/mol. The van der Waals surface area contributed by atoms with Crippen LogP contribution in [0.3, 0.4) is 0 Å². The molecule has 3 N–H and O–H groups in total. The van der Waals surface area contributed by atoms with E-state index in [2.05, 4.69) is 10.4 Å². The van der Waals surface area contributed by atoms with Crippen molar-refractivity contribution < 1.29 is 22.4 Å². The number of hydrogen-bond acceptors (Lipinski definition) is 4. The lowest BCUT2D eigenvalue weighted by Crippen LogP contribution is -2.46. The van der Waals surface area contributed by atoms with Gasteiger partial charge in [0.05, 0.1) is 22.9 Å². The number of hydrogen-bond donors (Lipinski definition) is 2. The van der Waals surface area contributed by atoms with Crippen LogP contribution in [0.2, 0.25) is 0 Å². The Kier molecular flexibility index (Phi) is 5.78. The third kappa shape index (κ3) is 4.12. The lowest BCUT2D eigenvalue weighted by atomic mass is 10.0. The maximum Gasteiger partial charge on any atom is 0.419 e. The molecule has 0 saturated heterocycles. The third-order valence-electron chi connectivity index (χ3n) is 5.08. The molecular weight excluding hydrogens is 402 g/mol. The summed E-state index contributed by atoms with van der Waals surface area (Å²) in [5.74, 6) is -1.82. The normalized spacial score (nSPS) is 17.6. The first-order chi connectivity index (χ1) is 14.0. The first kappa shape index (κ1) is 21.7. The van der Waals surface area contributed by atoms with Crippen LogP contribution in [0.5, 0.6) is 0 Å². The molecule has 1 unspecified atom stereocenters. The Hall–Kier alpha value is -3.04. The summed E-state index contributed by atoms with van der Waals surface area (Å²) < 4.78 is 55.1. The van der Waals surface area contributed by atoms with Gasteiger partial charge < -0.3 is 16.0 Å². The second kappa shape index (κ2) is 8.00. The minimum atomic E-state index is -4.89. The van der Waals surface area contributed by atoms with Crippen LogP contribution in [0.4, 0.5) is 23.4 Å². The Morgan fingerprint density at radius 2 is 2.00 bits per heavy atom. The van der Waals surface area contributed by atoms with Crippen molar-refractivity contribution >= 4 is 11.7 Å². The molecular formula is C20H23F4N5O. The zero-order valence-corrected chi connectivity index (χ0v) is 16.8. The van der Waals surface area contributed by atoms with Gasteiger partial charge in [-0.15, -0.1) is 0 Å². The monoisotopic (exact) mass is 425 g/mol. The van der Waals surface area contributed by atoms with Gasteiger partial charge in [0.2, 0.25) is 0 Å². The predicted octanol–water partition coefficient (Wildman–Crippen LogP) is 4.14. The Morgan fingerprint density at radius 1 is 1.30 bits per heavy atom. The molecule has 2 heterocycles. The first-order valence-electron chi connectivity index (χ1n) is 9.48. The maximum atomic E-state index is 14.4. The highest BCUT2D eigenvalue weighted by Crippen LogP contribution is 2.33. The fourth-order valence-electron chi connectivity index (χ4n) is 3.32. The van der Waals surface area contributed by atoms with Crippen molar-refractivity contribution in [1.82, 2.24) is 14.7 Å². The van der Waals surface area contributed by atoms with Crippen molar-refractivity contribution in [3.63, 3.8) is 0 Å². The summed E-state index contributed by atoms with van der Waals surface area (Å²) in [5.41, 5.74) is 5.12. The summed E-state index contributed by atoms with van der Waals surface area (Å²) in [4.78, 5) is 14.1. The van der Waals surface area contributed by atoms with E-state index in [4.69, 9.17) is 5.73 Å². The van der Waals surface area contributed by atoms with E-state index in [0.717, 1.165) is 12.1 Å². The Labute approximate surface area is 171 Å². The lowest BCUT2D eigenvalue weighted by Gasteiger charge is -2.35. The van der Waals surface area contributed by atoms with Gasteiger partial charge in [0, 0.05) is 37.0 Å². The number of nitrogens with one attached hydrogen (secondary N) is 1. The van der Waals surface area contributed by atoms with E-state index < -0.39 is 35.1 Å². The SMILES string of the molecule is CC1C(N)=C(Nc2ccn(C(C)C)n2)CCN1C(=O)c1cccc(C(F)(F)F)c1F. The minimum absolute atomic E-state index is 0.170. The van der Waals surface area contributed by atoms with Gasteiger partial charge in [-0.2, -0.15) is 18.3 Å². The molecule has 1 amide bonds. The van der Waals surface area contributed by atoms with Crippen LogP contribution >= 0.6 is 0 Å². The molecule has 2 aromatic rings. The molecule has 0 fully saturated rings. The molecule has 6 nitrogen and oxygen atoms in total. The quantitative estimate of drug-likeness (QED) is 0.722. The summed E-state index contributed by atoms with van der Waals surface area (Å²) in [6.45, 7) is 5.79. The zero-order chi connectivity index (χ0) is 22.2. The topological polar surface area (TPSA) is 76.2 Å². The number of nitrogens with zero attached hydrogens (tertiary/aromatic N) is 3. The van der Waals surface area contributed by atoms with Crippen LogP contribution < -0.4 is 11.1 Å². The van der Waals surface area contributed by atoms with Crippen LogP contribution in [0.15, 0.2) is 41.9 Å². The van der Waals surface area contributed by atoms with E-state index in [-0.39, 0.29) is 12.6 Å². The largest absolute Gasteiger partial charge is 0.419 e. The predicted molar refractivity (Wildman–Crippen MR) is 104 cm³/mol. The van der Waals surface area contributed by atoms with Crippen LogP contribution in [-0.4, -0.2) is 33.2 Å². The average Bonchev–Trinajstić information content (AvgIpc) is 3.13. The second-order valence-electron chi connectivity index (χ2n) is 7.42. The van der Waals surface area contributed by atoms with Gasteiger partial charge in [-0.1, -0.05) is 6.07 Å². The molecule has 3 rings (SSSR count). The Balaban J connectivity index is 1.82. The summed E-state index contributed by atoms with van der Waals surface area (Å²) in [5, 5.41) is 7.53. The second-order valence-corrected chi connectivity index (χ2v) is 7.42. The number of carbonyl (C=O) groups excluding carboxylic acids is 1. The van der Waals surface area contributed by atoms with E-state index in [1.165, 1.54) is 4.90 Å². The molecule has 0 saturated carbocycles. The maximum absolute atomic E-state index is 14.4. The van der Waals surface area contributed by atoms with Gasteiger partial charge in [-0.3, -0.25) is 9.48 Å². The van der Waals surface area contributed by atoms with E-state index in [1.807, 2.05) is 20.0 Å². The van der Waals surface area contributed by atoms with E-state index in [9.17, 15) is 22.4 Å². The molecule has 1 aliphatic heterocycles. The molecule has 10 heteroatoms. The Morgan fingerprint density at radius 3 is 2.60 bits per heavy atom. The molecule has 1 aliphatic rings. The van der Waals surface area contributed by atoms with Gasteiger partial charge in [-0.05, 0) is 32.9 Å². The number of anilines is 1. The number of amides is 1. The number of nitrogens with two attached hydrogens (primary N) is 1. The fraction of sp³-hybridized carbons (Fsp3) is 0.400. The highest BCUT2D eigenvalue weighted by atomic mass is 19.4. The van der Waals surface area contributed by atoms with Gasteiger partial charge in [0.25, 0.3) is 5.91 Å². The van der Waals surface area contributed by atoms with Crippen molar-refractivity contribution in [3.05, 3.63) is 58.8 Å². The third-order valence-corrected chi connectivity index (χ3v) is 5.08. The minimum Gasteiger partial charge on any atom is -0.399 e. The summed E-state index contributed by atoms with van der Waals surface area (Å²) in [6, 6.07) is 4.03. The fourth-order valence-corrected chi connectivity index (χ4v) is 3.32. The summed E-state index contributed by atoms with van der Waals surface area (Å²) in [7, 11) is 0. The zero-order valence-electron chi connectivity index (χ0n) is 16.8. The lowest BCUT2D eigenvalue weighted by molar-refractivity contribution is -0.140. The van der Waals surface area contributed by atoms with Gasteiger partial charge in [0.1, 0.15) is 5.82 Å². The first-order valence-corrected chi connectivity index (χ1v) is 9.48.